The third-order valence-electron chi connectivity index (χ3n) is 5.37. The number of hydrogen-bond acceptors (Lipinski definition) is 4. The lowest BCUT2D eigenvalue weighted by Crippen LogP contribution is -2.19. The van der Waals surface area contributed by atoms with E-state index in [0.29, 0.717) is 17.9 Å². The molecular formula is C25H39NO6. The smallest absolute Gasteiger partial charge is 0.309 e. The molecule has 0 aliphatic carbocycles. The number of hydrogen-bond donors (Lipinski definition) is 3. The first-order chi connectivity index (χ1) is 15.4. The molecule has 180 valence electrons. The second-order valence-electron chi connectivity index (χ2n) is 8.38. The van der Waals surface area contributed by atoms with Crippen molar-refractivity contribution < 1.29 is 29.3 Å². The van der Waals surface area contributed by atoms with Crippen molar-refractivity contribution in [3.8, 4) is 5.75 Å². The Labute approximate surface area is 191 Å². The summed E-state index contributed by atoms with van der Waals surface area (Å²) in [6.45, 7) is 1.63. The number of aliphatic carboxylic acids is 2. The highest BCUT2D eigenvalue weighted by atomic mass is 16.5. The van der Waals surface area contributed by atoms with Gasteiger partial charge in [0.05, 0.1) is 11.6 Å². The number of carbonyl (C=O) groups excluding carboxylic acids is 1. The largest absolute Gasteiger partial charge is 0.491 e. The topological polar surface area (TPSA) is 113 Å². The second-order valence-corrected chi connectivity index (χ2v) is 8.38. The monoisotopic (exact) mass is 449 g/mol. The standard InChI is InChI=1S/C25H39NO6/c1-20(25(30)31)19-32-22-16-14-13-15-21(22)26-23(27)17-11-9-7-5-3-2-4-6-8-10-12-18-24(28)29/h13-16,20H,2-12,17-19H2,1H3,(H,26,27)(H,28,29)(H,30,31). The number of carboxylic acid groups (broad SMARTS) is 2. The van der Waals surface area contributed by atoms with Crippen molar-refractivity contribution in [3.63, 3.8) is 0 Å². The van der Waals surface area contributed by atoms with Crippen LogP contribution in [0.1, 0.15) is 90.4 Å². The zero-order chi connectivity index (χ0) is 23.6. The summed E-state index contributed by atoms with van der Waals surface area (Å²) >= 11 is 0. The van der Waals surface area contributed by atoms with Gasteiger partial charge in [-0.05, 0) is 31.9 Å². The van der Waals surface area contributed by atoms with Crippen LogP contribution in [0, 0.1) is 5.92 Å². The van der Waals surface area contributed by atoms with E-state index in [9.17, 15) is 14.4 Å². The van der Waals surface area contributed by atoms with Gasteiger partial charge in [-0.1, -0.05) is 69.9 Å². The molecular weight excluding hydrogens is 410 g/mol. The SMILES string of the molecule is CC(COc1ccccc1NC(=O)CCCCCCCCCCCCCC(=O)O)C(=O)O. The number of para-hydroxylation sites is 2. The molecule has 0 saturated carbocycles. The molecule has 0 saturated heterocycles. The van der Waals surface area contributed by atoms with Gasteiger partial charge >= 0.3 is 11.9 Å². The van der Waals surface area contributed by atoms with Gasteiger partial charge in [-0.15, -0.1) is 0 Å². The first-order valence-electron chi connectivity index (χ1n) is 11.9. The molecule has 0 fully saturated rings. The van der Waals surface area contributed by atoms with Gasteiger partial charge in [-0.2, -0.15) is 0 Å². The molecule has 1 atom stereocenters. The van der Waals surface area contributed by atoms with Crippen LogP contribution in [0.5, 0.6) is 5.75 Å². The van der Waals surface area contributed by atoms with Gasteiger partial charge in [0.2, 0.25) is 5.91 Å². The van der Waals surface area contributed by atoms with Crippen molar-refractivity contribution in [1.82, 2.24) is 0 Å². The third-order valence-corrected chi connectivity index (χ3v) is 5.37. The molecule has 0 aromatic heterocycles. The Hall–Kier alpha value is -2.57. The van der Waals surface area contributed by atoms with E-state index in [-0.39, 0.29) is 18.9 Å². The van der Waals surface area contributed by atoms with Gasteiger partial charge in [0.1, 0.15) is 12.4 Å². The summed E-state index contributed by atoms with van der Waals surface area (Å²) in [5.41, 5.74) is 0.568. The van der Waals surface area contributed by atoms with E-state index >= 15 is 0 Å². The van der Waals surface area contributed by atoms with Crippen molar-refractivity contribution in [2.24, 2.45) is 5.92 Å². The van der Waals surface area contributed by atoms with Crippen LogP contribution in [0.2, 0.25) is 0 Å². The predicted octanol–water partition coefficient (Wildman–Crippen LogP) is 5.88. The number of nitrogens with one attached hydrogen (secondary N) is 1. The summed E-state index contributed by atoms with van der Waals surface area (Å²) in [5.74, 6) is -1.82. The van der Waals surface area contributed by atoms with Gasteiger partial charge in [-0.25, -0.2) is 0 Å². The Kier molecular flexibility index (Phi) is 14.6. The lowest BCUT2D eigenvalue weighted by atomic mass is 10.0. The molecule has 1 amide bonds. The maximum atomic E-state index is 12.2. The number of benzene rings is 1. The second kappa shape index (κ2) is 17.0. The molecule has 0 spiro atoms. The molecule has 7 nitrogen and oxygen atoms in total. The number of rotatable bonds is 19. The van der Waals surface area contributed by atoms with Crippen molar-refractivity contribution in [2.75, 3.05) is 11.9 Å². The minimum Gasteiger partial charge on any atom is -0.491 e. The number of unbranched alkanes of at least 4 members (excludes halogenated alkanes) is 10. The normalized spacial score (nSPS) is 11.7. The van der Waals surface area contributed by atoms with Gasteiger partial charge in [0, 0.05) is 12.8 Å². The molecule has 0 bridgehead atoms. The third kappa shape index (κ3) is 13.7. The first-order valence-corrected chi connectivity index (χ1v) is 11.9. The Morgan fingerprint density at radius 3 is 1.84 bits per heavy atom. The van der Waals surface area contributed by atoms with Gasteiger partial charge in [-0.3, -0.25) is 14.4 Å². The van der Waals surface area contributed by atoms with Crippen LogP contribution in [-0.4, -0.2) is 34.7 Å². The molecule has 3 N–H and O–H groups in total. The van der Waals surface area contributed by atoms with Crippen molar-refractivity contribution in [1.29, 1.82) is 0 Å². The molecule has 0 aliphatic heterocycles. The molecule has 0 radical (unpaired) electrons. The van der Waals surface area contributed by atoms with E-state index in [0.717, 1.165) is 38.5 Å². The number of anilines is 1. The van der Waals surface area contributed by atoms with Crippen LogP contribution in [-0.2, 0) is 14.4 Å². The highest BCUT2D eigenvalue weighted by molar-refractivity contribution is 5.92. The summed E-state index contributed by atoms with van der Waals surface area (Å²) in [5, 5.41) is 20.4. The number of ether oxygens (including phenoxy) is 1. The number of carbonyl (C=O) groups is 3. The van der Waals surface area contributed by atoms with Crippen LogP contribution in [0.15, 0.2) is 24.3 Å². The maximum Gasteiger partial charge on any atom is 0.309 e. The highest BCUT2D eigenvalue weighted by Crippen LogP contribution is 2.24. The maximum absolute atomic E-state index is 12.2. The van der Waals surface area contributed by atoms with Crippen LogP contribution in [0.25, 0.3) is 0 Å². The molecule has 1 aromatic carbocycles. The Balaban J connectivity index is 2.07. The zero-order valence-corrected chi connectivity index (χ0v) is 19.3. The molecule has 32 heavy (non-hydrogen) atoms. The minimum absolute atomic E-state index is 0.0486. The van der Waals surface area contributed by atoms with E-state index in [4.69, 9.17) is 14.9 Å². The minimum atomic E-state index is -0.917. The number of carboxylic acids is 2. The van der Waals surface area contributed by atoms with Crippen molar-refractivity contribution >= 4 is 23.5 Å². The van der Waals surface area contributed by atoms with E-state index in [1.165, 1.54) is 32.1 Å². The summed E-state index contributed by atoms with van der Waals surface area (Å²) in [6.07, 6.45) is 12.6. The number of amides is 1. The first kappa shape index (κ1) is 27.5. The molecule has 1 unspecified atom stereocenters. The van der Waals surface area contributed by atoms with Crippen LogP contribution < -0.4 is 10.1 Å². The highest BCUT2D eigenvalue weighted by Gasteiger charge is 2.13. The summed E-state index contributed by atoms with van der Waals surface area (Å²) in [6, 6.07) is 7.07. The molecule has 0 heterocycles. The van der Waals surface area contributed by atoms with Crippen LogP contribution >= 0.6 is 0 Å². The molecule has 7 heteroatoms. The summed E-state index contributed by atoms with van der Waals surface area (Å²) in [7, 11) is 0. The zero-order valence-electron chi connectivity index (χ0n) is 19.3. The predicted molar refractivity (Wildman–Crippen MR) is 125 cm³/mol. The quantitative estimate of drug-likeness (QED) is 0.227. The van der Waals surface area contributed by atoms with Crippen LogP contribution in [0.3, 0.4) is 0 Å². The fraction of sp³-hybridized carbons (Fsp3) is 0.640. The van der Waals surface area contributed by atoms with Gasteiger partial charge < -0.3 is 20.3 Å². The van der Waals surface area contributed by atoms with Crippen molar-refractivity contribution in [2.45, 2.75) is 90.4 Å². The lowest BCUT2D eigenvalue weighted by Gasteiger charge is -2.14. The molecule has 0 aliphatic rings. The summed E-state index contributed by atoms with van der Waals surface area (Å²) < 4.78 is 5.57. The Bertz CT molecular complexity index is 691. The average molecular weight is 450 g/mol. The van der Waals surface area contributed by atoms with Crippen LogP contribution in [0.4, 0.5) is 5.69 Å². The Morgan fingerprint density at radius 1 is 0.812 bits per heavy atom. The van der Waals surface area contributed by atoms with E-state index < -0.39 is 17.9 Å². The summed E-state index contributed by atoms with van der Waals surface area (Å²) in [4.78, 5) is 33.6. The average Bonchev–Trinajstić information content (AvgIpc) is 2.75. The van der Waals surface area contributed by atoms with Gasteiger partial charge in [0.25, 0.3) is 0 Å². The van der Waals surface area contributed by atoms with E-state index in [1.807, 2.05) is 0 Å². The van der Waals surface area contributed by atoms with E-state index in [1.54, 1.807) is 31.2 Å². The Morgan fingerprint density at radius 2 is 1.31 bits per heavy atom. The van der Waals surface area contributed by atoms with Gasteiger partial charge in [0.15, 0.2) is 0 Å². The molecule has 1 aromatic rings. The van der Waals surface area contributed by atoms with Crippen molar-refractivity contribution in [3.05, 3.63) is 24.3 Å². The van der Waals surface area contributed by atoms with E-state index in [2.05, 4.69) is 5.32 Å². The fourth-order valence-electron chi connectivity index (χ4n) is 3.35. The lowest BCUT2D eigenvalue weighted by molar-refractivity contribution is -0.142. The molecule has 1 rings (SSSR count). The fourth-order valence-corrected chi connectivity index (χ4v) is 3.35.